The number of hydrogen-bond acceptors (Lipinski definition) is 3. The lowest BCUT2D eigenvalue weighted by Crippen LogP contribution is -2.26. The van der Waals surface area contributed by atoms with Gasteiger partial charge in [0.1, 0.15) is 12.1 Å². The van der Waals surface area contributed by atoms with Crippen LogP contribution in [-0.4, -0.2) is 27.2 Å². The second-order valence-electron chi connectivity index (χ2n) is 3.96. The molecule has 0 saturated carbocycles. The smallest absolute Gasteiger partial charge is 0.252 e. The molecular weight excluding hydrogens is 315 g/mol. The van der Waals surface area contributed by atoms with Crippen LogP contribution in [-0.2, 0) is 13.5 Å². The van der Waals surface area contributed by atoms with E-state index in [1.807, 2.05) is 0 Å². The summed E-state index contributed by atoms with van der Waals surface area (Å²) in [5.41, 5.74) is 0.272. The van der Waals surface area contributed by atoms with Crippen LogP contribution < -0.4 is 5.32 Å². The largest absolute Gasteiger partial charge is 0.352 e. The zero-order valence-corrected chi connectivity index (χ0v) is 11.8. The van der Waals surface area contributed by atoms with Gasteiger partial charge in [0.25, 0.3) is 5.91 Å². The van der Waals surface area contributed by atoms with Crippen LogP contribution in [0.3, 0.4) is 0 Å². The molecule has 100 valence electrons. The van der Waals surface area contributed by atoms with Crippen LogP contribution in [0.1, 0.15) is 16.2 Å². The number of nitrogens with one attached hydrogen (secondary N) is 1. The van der Waals surface area contributed by atoms with Crippen LogP contribution in [0, 0.1) is 5.82 Å². The molecule has 0 unspecified atom stereocenters. The number of rotatable bonds is 4. The second kappa shape index (κ2) is 5.92. The summed E-state index contributed by atoms with van der Waals surface area (Å²) in [7, 11) is 1.78. The van der Waals surface area contributed by atoms with Crippen LogP contribution in [0.5, 0.6) is 0 Å². The summed E-state index contributed by atoms with van der Waals surface area (Å²) in [5.74, 6) is -0.122. The van der Waals surface area contributed by atoms with Gasteiger partial charge in [0.2, 0.25) is 0 Å². The third-order valence-electron chi connectivity index (χ3n) is 2.45. The van der Waals surface area contributed by atoms with Crippen LogP contribution in [0.15, 0.2) is 29.0 Å². The van der Waals surface area contributed by atoms with E-state index in [0.29, 0.717) is 23.3 Å². The van der Waals surface area contributed by atoms with Crippen LogP contribution >= 0.6 is 15.9 Å². The molecule has 1 aromatic heterocycles. The molecule has 5 nitrogen and oxygen atoms in total. The lowest BCUT2D eigenvalue weighted by atomic mass is 10.2. The van der Waals surface area contributed by atoms with Crippen molar-refractivity contribution in [2.75, 3.05) is 6.54 Å². The maximum Gasteiger partial charge on any atom is 0.252 e. The van der Waals surface area contributed by atoms with E-state index >= 15 is 0 Å². The predicted molar refractivity (Wildman–Crippen MR) is 71.1 cm³/mol. The molecule has 0 aliphatic rings. The first-order chi connectivity index (χ1) is 9.06. The van der Waals surface area contributed by atoms with Gasteiger partial charge in [-0.25, -0.2) is 9.37 Å². The highest BCUT2D eigenvalue weighted by Crippen LogP contribution is 2.17. The summed E-state index contributed by atoms with van der Waals surface area (Å²) < 4.78 is 15.2. The van der Waals surface area contributed by atoms with Crippen molar-refractivity contribution in [2.45, 2.75) is 6.42 Å². The Morgan fingerprint density at radius 2 is 2.32 bits per heavy atom. The van der Waals surface area contributed by atoms with E-state index in [1.165, 1.54) is 18.2 Å². The zero-order valence-electron chi connectivity index (χ0n) is 10.2. The van der Waals surface area contributed by atoms with Crippen molar-refractivity contribution in [3.63, 3.8) is 0 Å². The highest BCUT2D eigenvalue weighted by atomic mass is 79.9. The molecule has 0 aliphatic carbocycles. The Morgan fingerprint density at radius 1 is 1.53 bits per heavy atom. The first-order valence-electron chi connectivity index (χ1n) is 5.64. The first-order valence-corrected chi connectivity index (χ1v) is 6.43. The van der Waals surface area contributed by atoms with Crippen molar-refractivity contribution in [1.29, 1.82) is 0 Å². The summed E-state index contributed by atoms with van der Waals surface area (Å²) in [6.45, 7) is 0.395. The summed E-state index contributed by atoms with van der Waals surface area (Å²) in [6.07, 6.45) is 2.12. The van der Waals surface area contributed by atoms with Gasteiger partial charge in [0.15, 0.2) is 5.82 Å². The molecule has 0 saturated heterocycles. The number of aromatic nitrogens is 3. The highest BCUT2D eigenvalue weighted by molar-refractivity contribution is 9.10. The van der Waals surface area contributed by atoms with Gasteiger partial charge in [0.05, 0.1) is 5.56 Å². The maximum atomic E-state index is 13.1. The quantitative estimate of drug-likeness (QED) is 0.930. The Balaban J connectivity index is 1.92. The first kappa shape index (κ1) is 13.7. The fourth-order valence-electron chi connectivity index (χ4n) is 1.55. The lowest BCUT2D eigenvalue weighted by Gasteiger charge is -2.05. The average Bonchev–Trinajstić information content (AvgIpc) is 2.78. The van der Waals surface area contributed by atoms with E-state index in [4.69, 9.17) is 0 Å². The molecule has 1 amide bonds. The van der Waals surface area contributed by atoms with Crippen LogP contribution in [0.25, 0.3) is 0 Å². The van der Waals surface area contributed by atoms with E-state index < -0.39 is 5.82 Å². The van der Waals surface area contributed by atoms with Crippen molar-refractivity contribution in [3.05, 3.63) is 46.2 Å². The molecule has 0 bridgehead atoms. The highest BCUT2D eigenvalue weighted by Gasteiger charge is 2.11. The molecule has 19 heavy (non-hydrogen) atoms. The lowest BCUT2D eigenvalue weighted by molar-refractivity contribution is 0.0952. The van der Waals surface area contributed by atoms with Gasteiger partial charge in [-0.2, -0.15) is 5.10 Å². The minimum atomic E-state index is -0.445. The van der Waals surface area contributed by atoms with Gasteiger partial charge in [-0.15, -0.1) is 0 Å². The standard InChI is InChI=1S/C12H12BrFN4O/c1-18-7-16-11(17-18)4-5-15-12(19)9-6-8(14)2-3-10(9)13/h2-3,6-7H,4-5H2,1H3,(H,15,19). The average molecular weight is 327 g/mol. The molecule has 1 aromatic carbocycles. The molecule has 2 aromatic rings. The molecule has 1 N–H and O–H groups in total. The Bertz CT molecular complexity index is 599. The number of carbonyl (C=O) groups excluding carboxylic acids is 1. The van der Waals surface area contributed by atoms with E-state index in [2.05, 4.69) is 31.3 Å². The molecule has 0 radical (unpaired) electrons. The Morgan fingerprint density at radius 3 is 3.00 bits per heavy atom. The number of aryl methyl sites for hydroxylation is 1. The number of benzene rings is 1. The van der Waals surface area contributed by atoms with Gasteiger partial charge in [0, 0.05) is 24.5 Å². The fourth-order valence-corrected chi connectivity index (χ4v) is 1.98. The van der Waals surface area contributed by atoms with Gasteiger partial charge in [-0.3, -0.25) is 9.48 Å². The fraction of sp³-hybridized carbons (Fsp3) is 0.250. The Labute approximate surface area is 118 Å². The minimum Gasteiger partial charge on any atom is -0.352 e. The zero-order chi connectivity index (χ0) is 13.8. The van der Waals surface area contributed by atoms with Crippen LogP contribution in [0.4, 0.5) is 4.39 Å². The summed E-state index contributed by atoms with van der Waals surface area (Å²) in [6, 6.07) is 3.99. The van der Waals surface area contributed by atoms with E-state index in [1.54, 1.807) is 18.1 Å². The number of carbonyl (C=O) groups is 1. The molecule has 0 aliphatic heterocycles. The molecule has 0 spiro atoms. The van der Waals surface area contributed by atoms with Crippen molar-refractivity contribution < 1.29 is 9.18 Å². The second-order valence-corrected chi connectivity index (χ2v) is 4.82. The third-order valence-corrected chi connectivity index (χ3v) is 3.15. The Kier molecular flexibility index (Phi) is 4.26. The predicted octanol–water partition coefficient (Wildman–Crippen LogP) is 1.69. The maximum absolute atomic E-state index is 13.1. The van der Waals surface area contributed by atoms with Crippen molar-refractivity contribution in [3.8, 4) is 0 Å². The summed E-state index contributed by atoms with van der Waals surface area (Å²) >= 11 is 3.22. The molecule has 1 heterocycles. The number of halogens is 2. The summed E-state index contributed by atoms with van der Waals surface area (Å²) in [4.78, 5) is 15.9. The Hall–Kier alpha value is -1.76. The summed E-state index contributed by atoms with van der Waals surface area (Å²) in [5, 5.41) is 6.80. The molecular formula is C12H12BrFN4O. The number of hydrogen-bond donors (Lipinski definition) is 1. The van der Waals surface area contributed by atoms with Gasteiger partial charge in [-0.1, -0.05) is 0 Å². The van der Waals surface area contributed by atoms with E-state index in [-0.39, 0.29) is 11.5 Å². The monoisotopic (exact) mass is 326 g/mol. The van der Waals surface area contributed by atoms with Crippen molar-refractivity contribution in [2.24, 2.45) is 7.05 Å². The normalized spacial score (nSPS) is 10.5. The topological polar surface area (TPSA) is 59.8 Å². The molecule has 0 atom stereocenters. The van der Waals surface area contributed by atoms with Gasteiger partial charge in [-0.05, 0) is 34.1 Å². The van der Waals surface area contributed by atoms with E-state index in [0.717, 1.165) is 0 Å². The van der Waals surface area contributed by atoms with Crippen molar-refractivity contribution in [1.82, 2.24) is 20.1 Å². The molecule has 0 fully saturated rings. The van der Waals surface area contributed by atoms with E-state index in [9.17, 15) is 9.18 Å². The number of amides is 1. The van der Waals surface area contributed by atoms with Crippen molar-refractivity contribution >= 4 is 21.8 Å². The van der Waals surface area contributed by atoms with Gasteiger partial charge < -0.3 is 5.32 Å². The SMILES string of the molecule is Cn1cnc(CCNC(=O)c2cc(F)ccc2Br)n1. The molecule has 2 rings (SSSR count). The van der Waals surface area contributed by atoms with Gasteiger partial charge >= 0.3 is 0 Å². The molecule has 7 heteroatoms. The third kappa shape index (κ3) is 3.60. The van der Waals surface area contributed by atoms with Crippen LogP contribution in [0.2, 0.25) is 0 Å². The minimum absolute atomic E-state index is 0.272. The number of nitrogens with zero attached hydrogens (tertiary/aromatic N) is 3.